The Morgan fingerprint density at radius 3 is 2.68 bits per heavy atom. The van der Waals surface area contributed by atoms with Gasteiger partial charge in [0.05, 0.1) is 12.3 Å². The number of aliphatic hydroxyl groups excluding tert-OH is 1. The molecule has 0 aliphatic carbocycles. The summed E-state index contributed by atoms with van der Waals surface area (Å²) in [5, 5.41) is 21.9. The smallest absolute Gasteiger partial charge is 0.334 e. The van der Waals surface area contributed by atoms with E-state index in [9.17, 15) is 24.6 Å². The summed E-state index contributed by atoms with van der Waals surface area (Å²) in [5.41, 5.74) is -1.30. The summed E-state index contributed by atoms with van der Waals surface area (Å²) in [6.45, 7) is 9.77. The van der Waals surface area contributed by atoms with Gasteiger partial charge in [-0.15, -0.1) is 0 Å². The molecule has 3 aliphatic heterocycles. The number of hydrogen-bond donors (Lipinski definition) is 2. The lowest BCUT2D eigenvalue weighted by molar-refractivity contribution is -0.233. The summed E-state index contributed by atoms with van der Waals surface area (Å²) >= 11 is 0. The molecule has 0 aromatic rings. The van der Waals surface area contributed by atoms with Gasteiger partial charge < -0.3 is 24.4 Å². The maximum absolute atomic E-state index is 12.7. The third-order valence-electron chi connectivity index (χ3n) is 5.85. The summed E-state index contributed by atoms with van der Waals surface area (Å²) in [6, 6.07) is 0. The number of fused-ring (bicyclic) bond motifs is 3. The van der Waals surface area contributed by atoms with E-state index in [4.69, 9.17) is 14.2 Å². The second-order valence-corrected chi connectivity index (χ2v) is 7.65. The Labute approximate surface area is 162 Å². The van der Waals surface area contributed by atoms with Crippen LogP contribution < -0.4 is 0 Å². The Hall–Kier alpha value is -2.29. The highest BCUT2D eigenvalue weighted by molar-refractivity contribution is 5.93. The SMILES string of the molecule is C=C1C(=O)O[C@@H]2/C=C(/C)[C@@]3(O)CC(=O)[C@@](C)(O3)[C@@H](O)[C@@H](OC(=O)/C(C)=C\C)[C@@H]12. The lowest BCUT2D eigenvalue weighted by atomic mass is 9.79. The van der Waals surface area contributed by atoms with Gasteiger partial charge >= 0.3 is 11.9 Å². The Morgan fingerprint density at radius 1 is 1.43 bits per heavy atom. The van der Waals surface area contributed by atoms with Crippen LogP contribution in [0.3, 0.4) is 0 Å². The third kappa shape index (κ3) is 2.92. The first-order valence-corrected chi connectivity index (χ1v) is 9.01. The predicted octanol–water partition coefficient (Wildman–Crippen LogP) is 0.720. The lowest BCUT2D eigenvalue weighted by Crippen LogP contribution is -2.56. The molecule has 28 heavy (non-hydrogen) atoms. The number of hydrogen-bond acceptors (Lipinski definition) is 8. The van der Waals surface area contributed by atoms with Gasteiger partial charge in [-0.2, -0.15) is 0 Å². The van der Waals surface area contributed by atoms with Crippen LogP contribution in [0.25, 0.3) is 0 Å². The van der Waals surface area contributed by atoms with Crippen LogP contribution in [-0.4, -0.2) is 57.6 Å². The molecular formula is C20H24O8. The number of ether oxygens (including phenoxy) is 3. The largest absolute Gasteiger partial charge is 0.455 e. The molecule has 2 bridgehead atoms. The number of Topliss-reactive ketones (excluding diaryl/α,β-unsaturated/α-hetero) is 1. The van der Waals surface area contributed by atoms with Crippen molar-refractivity contribution in [3.8, 4) is 0 Å². The zero-order chi connectivity index (χ0) is 21.0. The third-order valence-corrected chi connectivity index (χ3v) is 5.85. The van der Waals surface area contributed by atoms with E-state index >= 15 is 0 Å². The van der Waals surface area contributed by atoms with Crippen molar-refractivity contribution in [2.45, 2.75) is 63.8 Å². The molecule has 6 atom stereocenters. The molecule has 0 saturated carbocycles. The summed E-state index contributed by atoms with van der Waals surface area (Å²) in [7, 11) is 0. The molecule has 0 aromatic heterocycles. The van der Waals surface area contributed by atoms with Gasteiger partial charge in [-0.1, -0.05) is 12.7 Å². The molecule has 0 spiro atoms. The fraction of sp³-hybridized carbons (Fsp3) is 0.550. The first-order valence-electron chi connectivity index (χ1n) is 9.01. The standard InChI is InChI=1S/C20H24O8/c1-6-9(2)17(23)27-15-14-11(4)18(24)26-12(14)7-10(3)20(25)8-13(21)19(5,28-20)16(15)22/h6-7,12,14-16,22,25H,4,8H2,1-3,5H3/b9-6-,10-7-/t12-,14+,15+,16+,19-,20-/m1/s1. The molecule has 3 aliphatic rings. The number of carbonyl (C=O) groups excluding carboxylic acids is 3. The van der Waals surface area contributed by atoms with Gasteiger partial charge in [0, 0.05) is 11.1 Å². The summed E-state index contributed by atoms with van der Waals surface area (Å²) in [4.78, 5) is 37.2. The predicted molar refractivity (Wildman–Crippen MR) is 95.6 cm³/mol. The van der Waals surface area contributed by atoms with E-state index in [-0.39, 0.29) is 23.1 Å². The molecule has 2 saturated heterocycles. The molecule has 0 amide bonds. The quantitative estimate of drug-likeness (QED) is 0.401. The summed E-state index contributed by atoms with van der Waals surface area (Å²) in [5.74, 6) is -4.86. The summed E-state index contributed by atoms with van der Waals surface area (Å²) < 4.78 is 16.5. The highest BCUT2D eigenvalue weighted by Crippen LogP contribution is 2.46. The van der Waals surface area contributed by atoms with Crippen molar-refractivity contribution < 1.29 is 38.8 Å². The fourth-order valence-corrected chi connectivity index (χ4v) is 3.77. The van der Waals surface area contributed by atoms with Crippen LogP contribution >= 0.6 is 0 Å². The molecule has 8 nitrogen and oxygen atoms in total. The number of rotatable bonds is 2. The van der Waals surface area contributed by atoms with Gasteiger partial charge in [-0.25, -0.2) is 9.59 Å². The Kier molecular flexibility index (Phi) is 4.85. The van der Waals surface area contributed by atoms with Crippen molar-refractivity contribution in [1.82, 2.24) is 0 Å². The number of aliphatic hydroxyl groups is 2. The zero-order valence-corrected chi connectivity index (χ0v) is 16.2. The van der Waals surface area contributed by atoms with Crippen LogP contribution in [0.15, 0.2) is 35.5 Å². The number of ketones is 1. The monoisotopic (exact) mass is 392 g/mol. The Balaban J connectivity index is 2.15. The molecule has 0 unspecified atom stereocenters. The van der Waals surface area contributed by atoms with Crippen LogP contribution in [0, 0.1) is 5.92 Å². The second-order valence-electron chi connectivity index (χ2n) is 7.65. The molecule has 2 fully saturated rings. The minimum atomic E-state index is -1.95. The lowest BCUT2D eigenvalue weighted by Gasteiger charge is -2.37. The first-order chi connectivity index (χ1) is 12.9. The van der Waals surface area contributed by atoms with E-state index in [0.29, 0.717) is 0 Å². The average molecular weight is 392 g/mol. The maximum atomic E-state index is 12.7. The average Bonchev–Trinajstić information content (AvgIpc) is 3.05. The number of carbonyl (C=O) groups is 3. The van der Waals surface area contributed by atoms with Crippen LogP contribution in [0.1, 0.15) is 34.1 Å². The normalized spacial score (nSPS) is 42.7. The Morgan fingerprint density at radius 2 is 2.07 bits per heavy atom. The summed E-state index contributed by atoms with van der Waals surface area (Å²) in [6.07, 6.45) is -1.37. The van der Waals surface area contributed by atoms with Crippen LogP contribution in [-0.2, 0) is 28.6 Å². The maximum Gasteiger partial charge on any atom is 0.334 e. The molecule has 2 N–H and O–H groups in total. The van der Waals surface area contributed by atoms with Gasteiger partial charge in [0.25, 0.3) is 0 Å². The van der Waals surface area contributed by atoms with Crippen molar-refractivity contribution in [3.63, 3.8) is 0 Å². The van der Waals surface area contributed by atoms with E-state index in [1.54, 1.807) is 6.92 Å². The van der Waals surface area contributed by atoms with Gasteiger partial charge in [-0.05, 0) is 39.3 Å². The van der Waals surface area contributed by atoms with E-state index in [2.05, 4.69) is 6.58 Å². The van der Waals surface area contributed by atoms with Gasteiger partial charge in [0.15, 0.2) is 17.2 Å². The molecule has 8 heteroatoms. The van der Waals surface area contributed by atoms with E-state index < -0.39 is 53.3 Å². The second kappa shape index (κ2) is 6.65. The first kappa shape index (κ1) is 20.4. The van der Waals surface area contributed by atoms with Crippen LogP contribution in [0.4, 0.5) is 0 Å². The minimum absolute atomic E-state index is 0.00448. The van der Waals surface area contributed by atoms with E-state index in [1.165, 1.54) is 32.9 Å². The number of esters is 2. The van der Waals surface area contributed by atoms with Crippen molar-refractivity contribution in [2.75, 3.05) is 0 Å². The molecule has 3 heterocycles. The topological polar surface area (TPSA) is 119 Å². The van der Waals surface area contributed by atoms with Gasteiger partial charge in [0.1, 0.15) is 18.3 Å². The number of allylic oxidation sites excluding steroid dienone is 1. The minimum Gasteiger partial charge on any atom is -0.455 e. The molecule has 3 rings (SSSR count). The highest BCUT2D eigenvalue weighted by Gasteiger charge is 2.62. The molecular weight excluding hydrogens is 368 g/mol. The van der Waals surface area contributed by atoms with E-state index in [0.717, 1.165) is 0 Å². The highest BCUT2D eigenvalue weighted by atomic mass is 16.7. The molecule has 152 valence electrons. The van der Waals surface area contributed by atoms with E-state index in [1.807, 2.05) is 0 Å². The fourth-order valence-electron chi connectivity index (χ4n) is 3.77. The Bertz CT molecular complexity index is 824. The molecule has 0 aromatic carbocycles. The van der Waals surface area contributed by atoms with Crippen molar-refractivity contribution in [1.29, 1.82) is 0 Å². The van der Waals surface area contributed by atoms with Gasteiger partial charge in [0.2, 0.25) is 0 Å². The van der Waals surface area contributed by atoms with Gasteiger partial charge in [-0.3, -0.25) is 4.79 Å². The molecule has 0 radical (unpaired) electrons. The van der Waals surface area contributed by atoms with Crippen molar-refractivity contribution >= 4 is 17.7 Å². The van der Waals surface area contributed by atoms with Crippen LogP contribution in [0.2, 0.25) is 0 Å². The van der Waals surface area contributed by atoms with Crippen molar-refractivity contribution in [2.24, 2.45) is 5.92 Å². The van der Waals surface area contributed by atoms with Crippen molar-refractivity contribution in [3.05, 3.63) is 35.5 Å². The van der Waals surface area contributed by atoms with Crippen LogP contribution in [0.5, 0.6) is 0 Å². The zero-order valence-electron chi connectivity index (χ0n) is 16.2.